The minimum Gasteiger partial charge on any atom is -0.379 e. The summed E-state index contributed by atoms with van der Waals surface area (Å²) in [5.74, 6) is -0.132. The van der Waals surface area contributed by atoms with Crippen molar-refractivity contribution in [2.24, 2.45) is 0 Å². The molecule has 0 saturated carbocycles. The lowest BCUT2D eigenvalue weighted by molar-refractivity contribution is -0.118. The van der Waals surface area contributed by atoms with Gasteiger partial charge in [0.15, 0.2) is 0 Å². The molecule has 146 valence electrons. The smallest absolute Gasteiger partial charge is 0.261 e. The Bertz CT molecular complexity index is 960. The number of hydrogen-bond donors (Lipinski definition) is 2. The number of benzene rings is 2. The summed E-state index contributed by atoms with van der Waals surface area (Å²) in [7, 11) is -3.76. The van der Waals surface area contributed by atoms with Gasteiger partial charge in [-0.05, 0) is 48.5 Å². The van der Waals surface area contributed by atoms with Crippen LogP contribution in [0.3, 0.4) is 0 Å². The van der Waals surface area contributed by atoms with Gasteiger partial charge in [0, 0.05) is 24.5 Å². The molecule has 1 heterocycles. The highest BCUT2D eigenvalue weighted by atomic mass is 32.2. The van der Waals surface area contributed by atoms with Crippen LogP contribution in [0.5, 0.6) is 0 Å². The number of rotatable bonds is 6. The molecule has 1 aliphatic rings. The molecule has 0 unspecified atom stereocenters. The van der Waals surface area contributed by atoms with Crippen molar-refractivity contribution in [1.82, 2.24) is 4.90 Å². The second-order valence-corrected chi connectivity index (χ2v) is 7.94. The first-order chi connectivity index (χ1) is 13.5. The second kappa shape index (κ2) is 8.84. The van der Waals surface area contributed by atoms with E-state index in [1.807, 2.05) is 11.0 Å². The Kier molecular flexibility index (Phi) is 6.26. The van der Waals surface area contributed by atoms with E-state index in [4.69, 9.17) is 10.00 Å². The monoisotopic (exact) mass is 400 g/mol. The standard InChI is InChI=1S/C19H20N4O4S/c20-13-15-1-7-18(8-2-15)28(25,26)22-17-5-3-16(4-6-17)21-19(24)14-23-9-11-27-12-10-23/h1-8,22H,9-12,14H2,(H,21,24). The largest absolute Gasteiger partial charge is 0.379 e. The fourth-order valence-corrected chi connectivity index (χ4v) is 3.77. The van der Waals surface area contributed by atoms with Crippen LogP contribution in [0, 0.1) is 11.3 Å². The summed E-state index contributed by atoms with van der Waals surface area (Å²) in [6.07, 6.45) is 0. The number of morpholine rings is 1. The topological polar surface area (TPSA) is 112 Å². The van der Waals surface area contributed by atoms with Gasteiger partial charge in [-0.2, -0.15) is 5.26 Å². The van der Waals surface area contributed by atoms with Crippen molar-refractivity contribution in [2.45, 2.75) is 4.90 Å². The first-order valence-corrected chi connectivity index (χ1v) is 10.2. The lowest BCUT2D eigenvalue weighted by Crippen LogP contribution is -2.41. The fraction of sp³-hybridized carbons (Fsp3) is 0.263. The van der Waals surface area contributed by atoms with E-state index >= 15 is 0 Å². The molecular weight excluding hydrogens is 380 g/mol. The van der Waals surface area contributed by atoms with Gasteiger partial charge in [0.2, 0.25) is 5.91 Å². The second-order valence-electron chi connectivity index (χ2n) is 6.26. The van der Waals surface area contributed by atoms with Crippen molar-refractivity contribution in [3.8, 4) is 6.07 Å². The SMILES string of the molecule is N#Cc1ccc(S(=O)(=O)Nc2ccc(NC(=O)CN3CCOCC3)cc2)cc1. The summed E-state index contributed by atoms with van der Waals surface area (Å²) in [4.78, 5) is 14.2. The van der Waals surface area contributed by atoms with Gasteiger partial charge in [-0.1, -0.05) is 0 Å². The highest BCUT2D eigenvalue weighted by Crippen LogP contribution is 2.19. The summed E-state index contributed by atoms with van der Waals surface area (Å²) >= 11 is 0. The van der Waals surface area contributed by atoms with E-state index in [9.17, 15) is 13.2 Å². The van der Waals surface area contributed by atoms with Crippen LogP contribution in [0.4, 0.5) is 11.4 Å². The molecule has 0 spiro atoms. The van der Waals surface area contributed by atoms with E-state index in [1.165, 1.54) is 24.3 Å². The molecule has 2 aromatic rings. The molecule has 28 heavy (non-hydrogen) atoms. The van der Waals surface area contributed by atoms with Crippen LogP contribution in [0.25, 0.3) is 0 Å². The molecule has 0 radical (unpaired) electrons. The first kappa shape index (κ1) is 19.8. The Labute approximate surface area is 163 Å². The zero-order valence-corrected chi connectivity index (χ0v) is 15.9. The lowest BCUT2D eigenvalue weighted by Gasteiger charge is -2.25. The molecule has 1 saturated heterocycles. The van der Waals surface area contributed by atoms with Crippen LogP contribution in [0.1, 0.15) is 5.56 Å². The minimum atomic E-state index is -3.76. The molecule has 2 aromatic carbocycles. The van der Waals surface area contributed by atoms with Gasteiger partial charge < -0.3 is 10.1 Å². The Morgan fingerprint density at radius 3 is 2.25 bits per heavy atom. The van der Waals surface area contributed by atoms with Crippen LogP contribution < -0.4 is 10.0 Å². The molecule has 1 aliphatic heterocycles. The van der Waals surface area contributed by atoms with Gasteiger partial charge in [0.1, 0.15) is 0 Å². The molecule has 2 N–H and O–H groups in total. The number of hydrogen-bond acceptors (Lipinski definition) is 6. The number of nitriles is 1. The molecular formula is C19H20N4O4S. The third-order valence-electron chi connectivity index (χ3n) is 4.19. The minimum absolute atomic E-state index is 0.0643. The van der Waals surface area contributed by atoms with Crippen LogP contribution in [0.2, 0.25) is 0 Å². The lowest BCUT2D eigenvalue weighted by atomic mass is 10.2. The molecule has 1 fully saturated rings. The predicted molar refractivity (Wildman–Crippen MR) is 104 cm³/mol. The summed E-state index contributed by atoms with van der Waals surface area (Å²) in [6.45, 7) is 2.99. The number of carbonyl (C=O) groups excluding carboxylic acids is 1. The maximum Gasteiger partial charge on any atom is 0.261 e. The average molecular weight is 400 g/mol. The maximum atomic E-state index is 12.4. The Hall–Kier alpha value is -2.93. The Morgan fingerprint density at radius 2 is 1.64 bits per heavy atom. The molecule has 1 amide bonds. The van der Waals surface area contributed by atoms with Crippen LogP contribution >= 0.6 is 0 Å². The summed E-state index contributed by atoms with van der Waals surface area (Å²) in [6, 6.07) is 14.0. The van der Waals surface area contributed by atoms with E-state index in [0.717, 1.165) is 13.1 Å². The Balaban J connectivity index is 1.58. The highest BCUT2D eigenvalue weighted by molar-refractivity contribution is 7.92. The van der Waals surface area contributed by atoms with E-state index in [2.05, 4.69) is 10.0 Å². The van der Waals surface area contributed by atoms with Crippen LogP contribution in [-0.4, -0.2) is 52.1 Å². The number of carbonyl (C=O) groups is 1. The average Bonchev–Trinajstić information content (AvgIpc) is 2.70. The predicted octanol–water partition coefficient (Wildman–Crippen LogP) is 1.63. The van der Waals surface area contributed by atoms with E-state index in [-0.39, 0.29) is 17.3 Å². The zero-order valence-electron chi connectivity index (χ0n) is 15.1. The molecule has 0 atom stereocenters. The van der Waals surface area contributed by atoms with Gasteiger partial charge in [0.25, 0.3) is 10.0 Å². The fourth-order valence-electron chi connectivity index (χ4n) is 2.71. The highest BCUT2D eigenvalue weighted by Gasteiger charge is 2.15. The quantitative estimate of drug-likeness (QED) is 0.762. The molecule has 0 aromatic heterocycles. The number of nitrogens with one attached hydrogen (secondary N) is 2. The van der Waals surface area contributed by atoms with Crippen LogP contribution in [-0.2, 0) is 19.6 Å². The summed E-state index contributed by atoms with van der Waals surface area (Å²) in [5, 5.41) is 11.6. The molecule has 0 aliphatic carbocycles. The number of ether oxygens (including phenoxy) is 1. The number of sulfonamides is 1. The van der Waals surface area contributed by atoms with Gasteiger partial charge in [-0.15, -0.1) is 0 Å². The summed E-state index contributed by atoms with van der Waals surface area (Å²) < 4.78 is 32.5. The van der Waals surface area contributed by atoms with Gasteiger partial charge in [-0.25, -0.2) is 8.42 Å². The van der Waals surface area contributed by atoms with Crippen molar-refractivity contribution in [1.29, 1.82) is 5.26 Å². The van der Waals surface area contributed by atoms with E-state index in [0.29, 0.717) is 30.2 Å². The first-order valence-electron chi connectivity index (χ1n) is 8.69. The molecule has 0 bridgehead atoms. The molecule has 3 rings (SSSR count). The Morgan fingerprint density at radius 1 is 1.04 bits per heavy atom. The number of anilines is 2. The zero-order chi connectivity index (χ0) is 20.0. The van der Waals surface area contributed by atoms with Crippen molar-refractivity contribution in [3.63, 3.8) is 0 Å². The van der Waals surface area contributed by atoms with E-state index < -0.39 is 10.0 Å². The van der Waals surface area contributed by atoms with Crippen LogP contribution in [0.15, 0.2) is 53.4 Å². The number of nitrogens with zero attached hydrogens (tertiary/aromatic N) is 2. The third kappa shape index (κ3) is 5.29. The molecule has 8 nitrogen and oxygen atoms in total. The number of amides is 1. The van der Waals surface area contributed by atoms with Crippen molar-refractivity contribution in [3.05, 3.63) is 54.1 Å². The molecule has 9 heteroatoms. The van der Waals surface area contributed by atoms with Crippen molar-refractivity contribution < 1.29 is 17.9 Å². The van der Waals surface area contributed by atoms with Gasteiger partial charge in [0.05, 0.1) is 36.3 Å². The van der Waals surface area contributed by atoms with Gasteiger partial charge >= 0.3 is 0 Å². The van der Waals surface area contributed by atoms with Crippen molar-refractivity contribution in [2.75, 3.05) is 42.9 Å². The van der Waals surface area contributed by atoms with Crippen molar-refractivity contribution >= 4 is 27.3 Å². The maximum absolute atomic E-state index is 12.4. The normalized spacial score (nSPS) is 14.8. The summed E-state index contributed by atoms with van der Waals surface area (Å²) in [5.41, 5.74) is 1.34. The van der Waals surface area contributed by atoms with E-state index in [1.54, 1.807) is 24.3 Å². The third-order valence-corrected chi connectivity index (χ3v) is 5.58. The van der Waals surface area contributed by atoms with Gasteiger partial charge in [-0.3, -0.25) is 14.4 Å².